The van der Waals surface area contributed by atoms with Crippen LogP contribution in [0.5, 0.6) is 0 Å². The van der Waals surface area contributed by atoms with Gasteiger partial charge in [0.2, 0.25) is 0 Å². The summed E-state index contributed by atoms with van der Waals surface area (Å²) in [6, 6.07) is 0.748. The zero-order chi connectivity index (χ0) is 18.6. The van der Waals surface area contributed by atoms with Crippen LogP contribution in [0.3, 0.4) is 0 Å². The van der Waals surface area contributed by atoms with Gasteiger partial charge in [0, 0.05) is 51.2 Å². The van der Waals surface area contributed by atoms with E-state index < -0.39 is 0 Å². The summed E-state index contributed by atoms with van der Waals surface area (Å²) in [6.07, 6.45) is 11.4. The molecule has 0 saturated carbocycles. The molecule has 0 aromatic carbocycles. The van der Waals surface area contributed by atoms with E-state index in [1.54, 1.807) is 0 Å². The second-order valence-corrected chi connectivity index (χ2v) is 7.30. The van der Waals surface area contributed by atoms with Crippen molar-refractivity contribution < 1.29 is 0 Å². The Balaban J connectivity index is 1.60. The lowest BCUT2D eigenvalue weighted by atomic mass is 10.0. The predicted octanol–water partition coefficient (Wildman–Crippen LogP) is 2.79. The van der Waals surface area contributed by atoms with E-state index in [9.17, 15) is 0 Å². The number of hydrogen-bond donors (Lipinski definition) is 2. The summed E-state index contributed by atoms with van der Waals surface area (Å²) in [7, 11) is 0. The van der Waals surface area contributed by atoms with Gasteiger partial charge in [-0.05, 0) is 59.4 Å². The van der Waals surface area contributed by atoms with E-state index >= 15 is 0 Å². The maximum atomic E-state index is 4.74. The molecule has 1 fully saturated rings. The van der Waals surface area contributed by atoms with Crippen LogP contribution in [0.2, 0.25) is 0 Å². The normalized spacial score (nSPS) is 18.9. The number of guanidine groups is 1. The van der Waals surface area contributed by atoms with Crippen molar-refractivity contribution in [3.05, 3.63) is 18.2 Å². The highest BCUT2D eigenvalue weighted by Gasteiger charge is 2.16. The van der Waals surface area contributed by atoms with E-state index in [1.807, 2.05) is 6.20 Å². The topological polar surface area (TPSA) is 57.5 Å². The molecule has 1 aliphatic heterocycles. The first kappa shape index (κ1) is 20.7. The van der Waals surface area contributed by atoms with Crippen molar-refractivity contribution in [1.82, 2.24) is 25.1 Å². The summed E-state index contributed by atoms with van der Waals surface area (Å²) < 4.78 is 2.21. The van der Waals surface area contributed by atoms with E-state index in [0.29, 0.717) is 0 Å². The van der Waals surface area contributed by atoms with Crippen LogP contribution in [0.25, 0.3) is 0 Å². The number of nitrogens with zero attached hydrogens (tertiary/aromatic N) is 4. The zero-order valence-corrected chi connectivity index (χ0v) is 17.0. The van der Waals surface area contributed by atoms with Gasteiger partial charge in [0.15, 0.2) is 5.96 Å². The van der Waals surface area contributed by atoms with Crippen molar-refractivity contribution in [2.24, 2.45) is 4.99 Å². The van der Waals surface area contributed by atoms with Crippen molar-refractivity contribution >= 4 is 5.96 Å². The number of piperidine rings is 1. The summed E-state index contributed by atoms with van der Waals surface area (Å²) in [5, 5.41) is 6.82. The van der Waals surface area contributed by atoms with E-state index in [0.717, 1.165) is 63.3 Å². The molecule has 26 heavy (non-hydrogen) atoms. The molecule has 0 radical (unpaired) electrons. The first-order chi connectivity index (χ1) is 12.7. The van der Waals surface area contributed by atoms with Crippen LogP contribution in [0.15, 0.2) is 17.4 Å². The van der Waals surface area contributed by atoms with Crippen LogP contribution in [0, 0.1) is 6.92 Å². The summed E-state index contributed by atoms with van der Waals surface area (Å²) in [4.78, 5) is 11.6. The lowest BCUT2D eigenvalue weighted by Gasteiger charge is -2.33. The fourth-order valence-corrected chi connectivity index (χ4v) is 3.55. The molecule has 0 amide bonds. The van der Waals surface area contributed by atoms with Gasteiger partial charge in [-0.1, -0.05) is 6.42 Å². The third-order valence-electron chi connectivity index (χ3n) is 5.20. The monoisotopic (exact) mass is 362 g/mol. The molecule has 0 aliphatic carbocycles. The highest BCUT2D eigenvalue weighted by Crippen LogP contribution is 2.16. The number of rotatable bonds is 10. The molecule has 1 aliphatic rings. The predicted molar refractivity (Wildman–Crippen MR) is 110 cm³/mol. The SMILES string of the molecule is CCNC(=NCCCN1CCCCC1C)NCCCCn1ccnc1C. The minimum Gasteiger partial charge on any atom is -0.357 e. The van der Waals surface area contributed by atoms with Crippen molar-refractivity contribution in [1.29, 1.82) is 0 Å². The van der Waals surface area contributed by atoms with E-state index in [-0.39, 0.29) is 0 Å². The number of unbranched alkanes of at least 4 members (excludes halogenated alkanes) is 1. The molecule has 1 saturated heterocycles. The lowest BCUT2D eigenvalue weighted by Crippen LogP contribution is -2.39. The second kappa shape index (κ2) is 11.9. The number of aromatic nitrogens is 2. The van der Waals surface area contributed by atoms with Gasteiger partial charge < -0.3 is 20.1 Å². The van der Waals surface area contributed by atoms with Crippen LogP contribution in [0.4, 0.5) is 0 Å². The molecule has 148 valence electrons. The van der Waals surface area contributed by atoms with Gasteiger partial charge >= 0.3 is 0 Å². The van der Waals surface area contributed by atoms with Crippen molar-refractivity contribution in [3.63, 3.8) is 0 Å². The molecule has 2 N–H and O–H groups in total. The van der Waals surface area contributed by atoms with Gasteiger partial charge in [0.05, 0.1) is 0 Å². The largest absolute Gasteiger partial charge is 0.357 e. The Kier molecular flexibility index (Phi) is 9.53. The maximum Gasteiger partial charge on any atom is 0.191 e. The third-order valence-corrected chi connectivity index (χ3v) is 5.20. The number of imidazole rings is 1. The number of hydrogen-bond acceptors (Lipinski definition) is 3. The van der Waals surface area contributed by atoms with Crippen LogP contribution < -0.4 is 10.6 Å². The Hall–Kier alpha value is -1.56. The molecule has 1 atom stereocenters. The van der Waals surface area contributed by atoms with E-state index in [2.05, 4.69) is 52.1 Å². The Bertz CT molecular complexity index is 524. The fraction of sp³-hybridized carbons (Fsp3) is 0.800. The highest BCUT2D eigenvalue weighted by atomic mass is 15.2. The molecular weight excluding hydrogens is 324 g/mol. The summed E-state index contributed by atoms with van der Waals surface area (Å²) in [5.41, 5.74) is 0. The number of nitrogens with one attached hydrogen (secondary N) is 2. The fourth-order valence-electron chi connectivity index (χ4n) is 3.55. The standard InChI is InChI=1S/C20H38N6/c1-4-21-20(23-11-6-8-15-26-17-13-22-19(26)3)24-12-9-16-25-14-7-5-10-18(25)2/h13,17-18H,4-12,14-16H2,1-3H3,(H2,21,23,24). The molecule has 0 bridgehead atoms. The van der Waals surface area contributed by atoms with Crippen LogP contribution >= 0.6 is 0 Å². The summed E-state index contributed by atoms with van der Waals surface area (Å²) in [5.74, 6) is 2.05. The zero-order valence-electron chi connectivity index (χ0n) is 17.0. The minimum absolute atomic E-state index is 0.748. The highest BCUT2D eigenvalue weighted by molar-refractivity contribution is 5.79. The molecule has 1 aromatic rings. The van der Waals surface area contributed by atoms with Crippen molar-refractivity contribution in [3.8, 4) is 0 Å². The Morgan fingerprint density at radius 1 is 1.23 bits per heavy atom. The molecule has 6 heteroatoms. The van der Waals surface area contributed by atoms with Gasteiger partial charge in [0.25, 0.3) is 0 Å². The number of aliphatic imine (C=N–C) groups is 1. The molecule has 6 nitrogen and oxygen atoms in total. The maximum absolute atomic E-state index is 4.74. The van der Waals surface area contributed by atoms with Gasteiger partial charge in [-0.3, -0.25) is 4.99 Å². The van der Waals surface area contributed by atoms with Gasteiger partial charge in [0.1, 0.15) is 5.82 Å². The molecule has 1 aromatic heterocycles. The first-order valence-electron chi connectivity index (χ1n) is 10.4. The van der Waals surface area contributed by atoms with Crippen molar-refractivity contribution in [2.45, 2.75) is 71.9 Å². The molecule has 1 unspecified atom stereocenters. The molecule has 2 rings (SSSR count). The van der Waals surface area contributed by atoms with Crippen LogP contribution in [0.1, 0.15) is 58.2 Å². The summed E-state index contributed by atoms with van der Waals surface area (Å²) >= 11 is 0. The minimum atomic E-state index is 0.748. The second-order valence-electron chi connectivity index (χ2n) is 7.30. The Morgan fingerprint density at radius 3 is 2.85 bits per heavy atom. The first-order valence-corrected chi connectivity index (χ1v) is 10.4. The number of aryl methyl sites for hydroxylation is 2. The quantitative estimate of drug-likeness (QED) is 0.382. The van der Waals surface area contributed by atoms with E-state index in [1.165, 1.54) is 32.4 Å². The molecule has 0 spiro atoms. The average molecular weight is 363 g/mol. The third kappa shape index (κ3) is 7.36. The van der Waals surface area contributed by atoms with E-state index in [4.69, 9.17) is 4.99 Å². The van der Waals surface area contributed by atoms with Gasteiger partial charge in [-0.25, -0.2) is 4.98 Å². The number of likely N-dealkylation sites (tertiary alicyclic amines) is 1. The van der Waals surface area contributed by atoms with Gasteiger partial charge in [-0.15, -0.1) is 0 Å². The Labute approximate surface area is 159 Å². The lowest BCUT2D eigenvalue weighted by molar-refractivity contribution is 0.160. The van der Waals surface area contributed by atoms with Crippen molar-refractivity contribution in [2.75, 3.05) is 32.7 Å². The van der Waals surface area contributed by atoms with Gasteiger partial charge in [-0.2, -0.15) is 0 Å². The summed E-state index contributed by atoms with van der Waals surface area (Å²) in [6.45, 7) is 12.8. The van der Waals surface area contributed by atoms with Crippen LogP contribution in [-0.2, 0) is 6.54 Å². The Morgan fingerprint density at radius 2 is 2.12 bits per heavy atom. The molecule has 2 heterocycles. The molecular formula is C20H38N6. The van der Waals surface area contributed by atoms with Crippen LogP contribution in [-0.4, -0.2) is 59.2 Å². The average Bonchev–Trinajstić information content (AvgIpc) is 3.04. The smallest absolute Gasteiger partial charge is 0.191 e.